The molecule has 0 bridgehead atoms. The van der Waals surface area contributed by atoms with E-state index >= 15 is 0 Å². The van der Waals surface area contributed by atoms with Crippen molar-refractivity contribution in [1.29, 1.82) is 0 Å². The second kappa shape index (κ2) is 8.59. The van der Waals surface area contributed by atoms with Crippen molar-refractivity contribution in [1.82, 2.24) is 9.78 Å². The van der Waals surface area contributed by atoms with Crippen LogP contribution in [-0.4, -0.2) is 28.3 Å². The molecule has 1 aromatic heterocycles. The lowest BCUT2D eigenvalue weighted by Gasteiger charge is -2.19. The molecular weight excluding hydrogens is 354 g/mol. The fourth-order valence-electron chi connectivity index (χ4n) is 3.37. The zero-order valence-corrected chi connectivity index (χ0v) is 16.9. The number of esters is 1. The highest BCUT2D eigenvalue weighted by Crippen LogP contribution is 2.27. The van der Waals surface area contributed by atoms with E-state index in [0.717, 1.165) is 37.1 Å². The summed E-state index contributed by atoms with van der Waals surface area (Å²) < 4.78 is 6.96. The number of carbonyl (C=O) groups excluding carboxylic acids is 2. The first-order valence-electron chi connectivity index (χ1n) is 9.97. The van der Waals surface area contributed by atoms with Gasteiger partial charge in [-0.05, 0) is 25.0 Å². The number of hydrogen-bond donors (Lipinski definition) is 1. The first-order valence-corrected chi connectivity index (χ1v) is 9.97. The van der Waals surface area contributed by atoms with Gasteiger partial charge in [-0.2, -0.15) is 5.10 Å². The van der Waals surface area contributed by atoms with Gasteiger partial charge in [-0.25, -0.2) is 4.68 Å². The van der Waals surface area contributed by atoms with Crippen molar-refractivity contribution in [2.45, 2.75) is 58.3 Å². The number of ether oxygens (including phenoxy) is 1. The second-order valence-corrected chi connectivity index (χ2v) is 8.40. The lowest BCUT2D eigenvalue weighted by atomic mass is 9.89. The summed E-state index contributed by atoms with van der Waals surface area (Å²) in [6.45, 7) is 5.94. The third kappa shape index (κ3) is 5.00. The molecule has 1 N–H and O–H groups in total. The summed E-state index contributed by atoms with van der Waals surface area (Å²) in [5.74, 6) is -0.123. The van der Waals surface area contributed by atoms with Gasteiger partial charge in [0.05, 0.1) is 17.3 Å². The summed E-state index contributed by atoms with van der Waals surface area (Å²) in [6, 6.07) is 11.5. The number of amides is 1. The van der Waals surface area contributed by atoms with Crippen LogP contribution in [0.15, 0.2) is 36.4 Å². The Morgan fingerprint density at radius 1 is 1.14 bits per heavy atom. The van der Waals surface area contributed by atoms with Crippen LogP contribution in [-0.2, 0) is 19.7 Å². The van der Waals surface area contributed by atoms with E-state index in [1.807, 2.05) is 36.4 Å². The molecule has 0 atom stereocenters. The molecule has 0 saturated heterocycles. The molecule has 1 saturated carbocycles. The van der Waals surface area contributed by atoms with E-state index in [0.29, 0.717) is 5.82 Å². The van der Waals surface area contributed by atoms with E-state index in [9.17, 15) is 9.59 Å². The van der Waals surface area contributed by atoms with Crippen LogP contribution in [0.3, 0.4) is 0 Å². The molecule has 0 aliphatic heterocycles. The van der Waals surface area contributed by atoms with Gasteiger partial charge in [0.1, 0.15) is 5.82 Å². The first kappa shape index (κ1) is 20.1. The summed E-state index contributed by atoms with van der Waals surface area (Å²) in [4.78, 5) is 24.6. The van der Waals surface area contributed by atoms with Crippen molar-refractivity contribution in [3.63, 3.8) is 0 Å². The Labute approximate surface area is 166 Å². The summed E-state index contributed by atoms with van der Waals surface area (Å²) >= 11 is 0. The van der Waals surface area contributed by atoms with Gasteiger partial charge in [-0.15, -0.1) is 0 Å². The van der Waals surface area contributed by atoms with Crippen LogP contribution in [0, 0.1) is 5.92 Å². The van der Waals surface area contributed by atoms with Crippen LogP contribution in [0.25, 0.3) is 5.69 Å². The molecule has 1 aliphatic rings. The standard InChI is InChI=1S/C22H29N3O3/c1-22(2,3)18-14-19(25(24-18)17-12-8-5-9-13-17)23-20(26)15-28-21(27)16-10-6-4-7-11-16/h5,8-9,12-14,16H,4,6-7,10-11,15H2,1-3H3,(H,23,26). The van der Waals surface area contributed by atoms with Crippen LogP contribution in [0.5, 0.6) is 0 Å². The number of para-hydroxylation sites is 1. The predicted molar refractivity (Wildman–Crippen MR) is 108 cm³/mol. The van der Waals surface area contributed by atoms with Crippen LogP contribution in [0.2, 0.25) is 0 Å². The van der Waals surface area contributed by atoms with Gasteiger partial charge in [0.15, 0.2) is 6.61 Å². The predicted octanol–water partition coefficient (Wildman–Crippen LogP) is 4.23. The second-order valence-electron chi connectivity index (χ2n) is 8.40. The molecule has 1 fully saturated rings. The van der Waals surface area contributed by atoms with Crippen molar-refractivity contribution >= 4 is 17.7 Å². The SMILES string of the molecule is CC(C)(C)c1cc(NC(=O)COC(=O)C2CCCCC2)n(-c2ccccc2)n1. The van der Waals surface area contributed by atoms with Crippen LogP contribution in [0.1, 0.15) is 58.6 Å². The minimum atomic E-state index is -0.360. The molecule has 0 radical (unpaired) electrons. The van der Waals surface area contributed by atoms with Gasteiger partial charge < -0.3 is 10.1 Å². The average molecular weight is 383 g/mol. The van der Waals surface area contributed by atoms with Gasteiger partial charge >= 0.3 is 5.97 Å². The van der Waals surface area contributed by atoms with E-state index in [4.69, 9.17) is 4.74 Å². The smallest absolute Gasteiger partial charge is 0.309 e. The maximum Gasteiger partial charge on any atom is 0.309 e. The Morgan fingerprint density at radius 3 is 2.46 bits per heavy atom. The van der Waals surface area contributed by atoms with Gasteiger partial charge in [0.25, 0.3) is 5.91 Å². The number of anilines is 1. The van der Waals surface area contributed by atoms with Gasteiger partial charge in [0, 0.05) is 11.5 Å². The number of nitrogens with zero attached hydrogens (tertiary/aromatic N) is 2. The van der Waals surface area contributed by atoms with Gasteiger partial charge in [-0.3, -0.25) is 9.59 Å². The molecule has 2 aromatic rings. The maximum absolute atomic E-state index is 12.4. The lowest BCUT2D eigenvalue weighted by molar-refractivity contribution is -0.152. The van der Waals surface area contributed by atoms with Crippen molar-refractivity contribution in [2.24, 2.45) is 5.92 Å². The van der Waals surface area contributed by atoms with Gasteiger partial charge in [-0.1, -0.05) is 58.2 Å². The highest BCUT2D eigenvalue weighted by Gasteiger charge is 2.24. The van der Waals surface area contributed by atoms with Crippen molar-refractivity contribution < 1.29 is 14.3 Å². The van der Waals surface area contributed by atoms with Crippen LogP contribution < -0.4 is 5.32 Å². The molecule has 1 aromatic carbocycles. The summed E-state index contributed by atoms with van der Waals surface area (Å²) in [6.07, 6.45) is 4.99. The Morgan fingerprint density at radius 2 is 1.82 bits per heavy atom. The lowest BCUT2D eigenvalue weighted by Crippen LogP contribution is -2.26. The molecule has 28 heavy (non-hydrogen) atoms. The zero-order valence-electron chi connectivity index (χ0n) is 16.9. The number of carbonyl (C=O) groups is 2. The normalized spacial score (nSPS) is 15.2. The fraction of sp³-hybridized carbons (Fsp3) is 0.500. The number of nitrogens with one attached hydrogen (secondary N) is 1. The molecule has 1 heterocycles. The van der Waals surface area contributed by atoms with E-state index in [-0.39, 0.29) is 29.8 Å². The van der Waals surface area contributed by atoms with E-state index < -0.39 is 0 Å². The number of aromatic nitrogens is 2. The quantitative estimate of drug-likeness (QED) is 0.784. The highest BCUT2D eigenvalue weighted by molar-refractivity contribution is 5.92. The van der Waals surface area contributed by atoms with Gasteiger partial charge in [0.2, 0.25) is 0 Å². The summed E-state index contributed by atoms with van der Waals surface area (Å²) in [5.41, 5.74) is 1.56. The van der Waals surface area contributed by atoms with E-state index in [1.54, 1.807) is 4.68 Å². The Hall–Kier alpha value is -2.63. The topological polar surface area (TPSA) is 73.2 Å². The number of rotatable bonds is 5. The van der Waals surface area contributed by atoms with Crippen molar-refractivity contribution in [3.05, 3.63) is 42.1 Å². The number of benzene rings is 1. The minimum absolute atomic E-state index is 0.0658. The third-order valence-electron chi connectivity index (χ3n) is 5.03. The molecular formula is C22H29N3O3. The van der Waals surface area contributed by atoms with Crippen LogP contribution >= 0.6 is 0 Å². The minimum Gasteiger partial charge on any atom is -0.455 e. The largest absolute Gasteiger partial charge is 0.455 e. The zero-order chi connectivity index (χ0) is 20.1. The Balaban J connectivity index is 1.69. The van der Waals surface area contributed by atoms with E-state index in [2.05, 4.69) is 31.2 Å². The fourth-order valence-corrected chi connectivity index (χ4v) is 3.37. The molecule has 6 heteroatoms. The van der Waals surface area contributed by atoms with Crippen molar-refractivity contribution in [3.8, 4) is 5.69 Å². The highest BCUT2D eigenvalue weighted by atomic mass is 16.5. The summed E-state index contributed by atoms with van der Waals surface area (Å²) in [7, 11) is 0. The van der Waals surface area contributed by atoms with E-state index in [1.165, 1.54) is 6.42 Å². The van der Waals surface area contributed by atoms with Crippen molar-refractivity contribution in [2.75, 3.05) is 11.9 Å². The third-order valence-corrected chi connectivity index (χ3v) is 5.03. The van der Waals surface area contributed by atoms with Crippen LogP contribution in [0.4, 0.5) is 5.82 Å². The maximum atomic E-state index is 12.4. The number of hydrogen-bond acceptors (Lipinski definition) is 4. The Bertz CT molecular complexity index is 815. The molecule has 6 nitrogen and oxygen atoms in total. The Kier molecular flexibility index (Phi) is 6.17. The average Bonchev–Trinajstić information content (AvgIpc) is 3.11. The molecule has 0 spiro atoms. The molecule has 1 aliphatic carbocycles. The summed E-state index contributed by atoms with van der Waals surface area (Å²) in [5, 5.41) is 7.51. The molecule has 150 valence electrons. The molecule has 0 unspecified atom stereocenters. The molecule has 1 amide bonds. The molecule has 3 rings (SSSR count). The first-order chi connectivity index (χ1) is 13.3. The monoisotopic (exact) mass is 383 g/mol.